The van der Waals surface area contributed by atoms with Gasteiger partial charge < -0.3 is 15.7 Å². The van der Waals surface area contributed by atoms with E-state index in [1.165, 1.54) is 17.8 Å². The molecule has 1 unspecified atom stereocenters. The van der Waals surface area contributed by atoms with Gasteiger partial charge in [-0.2, -0.15) is 0 Å². The van der Waals surface area contributed by atoms with E-state index in [0.717, 1.165) is 11.3 Å². The minimum Gasteiger partial charge on any atom is -0.480 e. The molecule has 2 rings (SSSR count). The Hall–Kier alpha value is -2.80. The highest BCUT2D eigenvalue weighted by atomic mass is 32.2. The number of aliphatic carboxylic acids is 1. The van der Waals surface area contributed by atoms with E-state index in [9.17, 15) is 14.4 Å². The molecule has 0 spiro atoms. The zero-order valence-corrected chi connectivity index (χ0v) is 15.1. The van der Waals surface area contributed by atoms with Gasteiger partial charge in [0, 0.05) is 17.0 Å². The first-order chi connectivity index (χ1) is 12.5. The molecule has 0 aromatic heterocycles. The third-order valence-electron chi connectivity index (χ3n) is 3.50. The van der Waals surface area contributed by atoms with Gasteiger partial charge in [-0.05, 0) is 30.7 Å². The Morgan fingerprint density at radius 2 is 1.81 bits per heavy atom. The number of benzene rings is 2. The van der Waals surface area contributed by atoms with Crippen LogP contribution in [0.25, 0.3) is 0 Å². The van der Waals surface area contributed by atoms with Gasteiger partial charge in [-0.1, -0.05) is 36.4 Å². The molecule has 0 radical (unpaired) electrons. The topological polar surface area (TPSA) is 95.5 Å². The van der Waals surface area contributed by atoms with Crippen LogP contribution in [0.3, 0.4) is 0 Å². The van der Waals surface area contributed by atoms with Crippen molar-refractivity contribution in [1.82, 2.24) is 5.32 Å². The Kier molecular flexibility index (Phi) is 7.23. The van der Waals surface area contributed by atoms with Gasteiger partial charge >= 0.3 is 5.97 Å². The van der Waals surface area contributed by atoms with Crippen molar-refractivity contribution < 1.29 is 19.5 Å². The second-order valence-electron chi connectivity index (χ2n) is 5.59. The maximum atomic E-state index is 12.3. The van der Waals surface area contributed by atoms with Gasteiger partial charge in [0.1, 0.15) is 6.54 Å². The van der Waals surface area contributed by atoms with E-state index in [-0.39, 0.29) is 16.7 Å². The molecule has 0 saturated carbocycles. The van der Waals surface area contributed by atoms with E-state index in [2.05, 4.69) is 10.6 Å². The number of carbonyl (C=O) groups is 3. The Balaban J connectivity index is 1.90. The van der Waals surface area contributed by atoms with Crippen molar-refractivity contribution in [2.24, 2.45) is 0 Å². The number of carboxylic acids is 1. The average molecular weight is 372 g/mol. The lowest BCUT2D eigenvalue weighted by Gasteiger charge is -2.13. The number of carbonyl (C=O) groups excluding carboxylic acids is 2. The van der Waals surface area contributed by atoms with Crippen molar-refractivity contribution in [1.29, 1.82) is 0 Å². The van der Waals surface area contributed by atoms with E-state index in [1.54, 1.807) is 18.2 Å². The summed E-state index contributed by atoms with van der Waals surface area (Å²) in [4.78, 5) is 34.7. The number of rotatable bonds is 8. The van der Waals surface area contributed by atoms with Crippen LogP contribution >= 0.6 is 11.8 Å². The van der Waals surface area contributed by atoms with Crippen LogP contribution < -0.4 is 10.6 Å². The monoisotopic (exact) mass is 372 g/mol. The van der Waals surface area contributed by atoms with Gasteiger partial charge in [0.15, 0.2) is 0 Å². The van der Waals surface area contributed by atoms with Crippen LogP contribution in [0.4, 0.5) is 5.69 Å². The molecule has 0 saturated heterocycles. The quantitative estimate of drug-likeness (QED) is 0.662. The Morgan fingerprint density at radius 1 is 1.08 bits per heavy atom. The van der Waals surface area contributed by atoms with Crippen molar-refractivity contribution in [3.63, 3.8) is 0 Å². The summed E-state index contributed by atoms with van der Waals surface area (Å²) in [5, 5.41) is 13.4. The summed E-state index contributed by atoms with van der Waals surface area (Å²) < 4.78 is 0. The number of hydrogen-bond donors (Lipinski definition) is 3. The lowest BCUT2D eigenvalue weighted by atomic mass is 10.2. The van der Waals surface area contributed by atoms with Gasteiger partial charge in [-0.3, -0.25) is 14.4 Å². The predicted octanol–water partition coefficient (Wildman–Crippen LogP) is 2.76. The minimum atomic E-state index is -1.12. The fourth-order valence-electron chi connectivity index (χ4n) is 2.11. The lowest BCUT2D eigenvalue weighted by Crippen LogP contribution is -2.29. The van der Waals surface area contributed by atoms with Crippen molar-refractivity contribution in [3.8, 4) is 0 Å². The molecule has 7 heteroatoms. The normalized spacial score (nSPS) is 11.4. The Morgan fingerprint density at radius 3 is 2.50 bits per heavy atom. The van der Waals surface area contributed by atoms with Crippen molar-refractivity contribution in [2.75, 3.05) is 11.9 Å². The highest BCUT2D eigenvalue weighted by Crippen LogP contribution is 2.19. The number of nitrogens with one attached hydrogen (secondary N) is 2. The summed E-state index contributed by atoms with van der Waals surface area (Å²) in [6.07, 6.45) is 0. The van der Waals surface area contributed by atoms with E-state index < -0.39 is 18.4 Å². The molecule has 2 aromatic carbocycles. The SMILES string of the molecule is CC(SCc1ccccc1)C(=O)Nc1cccc(C(=O)NCC(=O)O)c1. The molecule has 0 aliphatic carbocycles. The van der Waals surface area contributed by atoms with Crippen LogP contribution in [0.1, 0.15) is 22.8 Å². The summed E-state index contributed by atoms with van der Waals surface area (Å²) in [5.74, 6) is -1.05. The molecule has 2 amide bonds. The van der Waals surface area contributed by atoms with E-state index in [1.807, 2.05) is 37.3 Å². The molecule has 0 heterocycles. The fraction of sp³-hybridized carbons (Fsp3) is 0.211. The van der Waals surface area contributed by atoms with Gasteiger partial charge in [0.25, 0.3) is 5.91 Å². The molecular formula is C19H20N2O4S. The molecule has 0 bridgehead atoms. The predicted molar refractivity (Wildman–Crippen MR) is 102 cm³/mol. The van der Waals surface area contributed by atoms with Crippen LogP contribution in [0.15, 0.2) is 54.6 Å². The highest BCUT2D eigenvalue weighted by molar-refractivity contribution is 7.99. The molecule has 3 N–H and O–H groups in total. The maximum Gasteiger partial charge on any atom is 0.322 e. The first-order valence-electron chi connectivity index (χ1n) is 8.02. The Labute approximate surface area is 156 Å². The first-order valence-corrected chi connectivity index (χ1v) is 9.07. The maximum absolute atomic E-state index is 12.3. The molecule has 0 aliphatic heterocycles. The number of thioether (sulfide) groups is 1. The molecule has 0 fully saturated rings. The smallest absolute Gasteiger partial charge is 0.322 e. The van der Waals surface area contributed by atoms with Gasteiger partial charge in [0.05, 0.1) is 5.25 Å². The van der Waals surface area contributed by atoms with Crippen LogP contribution in [0, 0.1) is 0 Å². The molecule has 136 valence electrons. The average Bonchev–Trinajstić information content (AvgIpc) is 2.65. The largest absolute Gasteiger partial charge is 0.480 e. The Bertz CT molecular complexity index is 780. The van der Waals surface area contributed by atoms with E-state index >= 15 is 0 Å². The zero-order valence-electron chi connectivity index (χ0n) is 14.3. The molecule has 0 aliphatic rings. The van der Waals surface area contributed by atoms with Crippen LogP contribution in [0.2, 0.25) is 0 Å². The van der Waals surface area contributed by atoms with Crippen LogP contribution in [-0.4, -0.2) is 34.7 Å². The lowest BCUT2D eigenvalue weighted by molar-refractivity contribution is -0.135. The second kappa shape index (κ2) is 9.62. The summed E-state index contributed by atoms with van der Waals surface area (Å²) >= 11 is 1.52. The zero-order chi connectivity index (χ0) is 18.9. The third-order valence-corrected chi connectivity index (χ3v) is 4.72. The second-order valence-corrected chi connectivity index (χ2v) is 6.91. The van der Waals surface area contributed by atoms with Crippen LogP contribution in [0.5, 0.6) is 0 Å². The molecular weight excluding hydrogens is 352 g/mol. The van der Waals surface area contributed by atoms with E-state index in [0.29, 0.717) is 5.69 Å². The summed E-state index contributed by atoms with van der Waals surface area (Å²) in [6.45, 7) is 1.37. The standard InChI is InChI=1S/C19H20N2O4S/c1-13(26-12-14-6-3-2-4-7-14)18(24)21-16-9-5-8-15(10-16)19(25)20-11-17(22)23/h2-10,13H,11-12H2,1H3,(H,20,25)(H,21,24)(H,22,23). The fourth-order valence-corrected chi connectivity index (χ4v) is 2.96. The van der Waals surface area contributed by atoms with E-state index in [4.69, 9.17) is 5.11 Å². The molecule has 26 heavy (non-hydrogen) atoms. The number of amides is 2. The molecule has 6 nitrogen and oxygen atoms in total. The van der Waals surface area contributed by atoms with Gasteiger partial charge in [-0.15, -0.1) is 11.8 Å². The van der Waals surface area contributed by atoms with Crippen molar-refractivity contribution in [2.45, 2.75) is 17.9 Å². The van der Waals surface area contributed by atoms with Gasteiger partial charge in [-0.25, -0.2) is 0 Å². The van der Waals surface area contributed by atoms with Gasteiger partial charge in [0.2, 0.25) is 5.91 Å². The number of carboxylic acid groups (broad SMARTS) is 1. The molecule has 2 aromatic rings. The minimum absolute atomic E-state index is 0.158. The summed E-state index contributed by atoms with van der Waals surface area (Å²) in [7, 11) is 0. The first kappa shape index (κ1) is 19.5. The van der Waals surface area contributed by atoms with Crippen molar-refractivity contribution >= 4 is 35.2 Å². The number of anilines is 1. The van der Waals surface area contributed by atoms with Crippen molar-refractivity contribution in [3.05, 3.63) is 65.7 Å². The highest BCUT2D eigenvalue weighted by Gasteiger charge is 2.15. The summed E-state index contributed by atoms with van der Waals surface area (Å²) in [6, 6.07) is 16.3. The number of hydrogen-bond acceptors (Lipinski definition) is 4. The molecule has 1 atom stereocenters. The van der Waals surface area contributed by atoms with Crippen LogP contribution in [-0.2, 0) is 15.3 Å². The third kappa shape index (κ3) is 6.25. The summed E-state index contributed by atoms with van der Waals surface area (Å²) in [5.41, 5.74) is 1.92.